The lowest BCUT2D eigenvalue weighted by atomic mass is 10.0. The molecule has 0 amide bonds. The van der Waals surface area contributed by atoms with Crippen molar-refractivity contribution in [3.8, 4) is 11.3 Å². The summed E-state index contributed by atoms with van der Waals surface area (Å²) in [6, 6.07) is 13.6. The summed E-state index contributed by atoms with van der Waals surface area (Å²) in [6.07, 6.45) is 1.72. The van der Waals surface area contributed by atoms with Crippen LogP contribution in [0.1, 0.15) is 42.7 Å². The van der Waals surface area contributed by atoms with Crippen LogP contribution in [0.15, 0.2) is 57.9 Å². The van der Waals surface area contributed by atoms with Crippen molar-refractivity contribution in [1.29, 1.82) is 0 Å². The summed E-state index contributed by atoms with van der Waals surface area (Å²) in [5, 5.41) is 9.73. The van der Waals surface area contributed by atoms with Gasteiger partial charge in [0.2, 0.25) is 5.95 Å². The lowest BCUT2D eigenvalue weighted by molar-refractivity contribution is 0.101. The van der Waals surface area contributed by atoms with Crippen LogP contribution in [0.5, 0.6) is 0 Å². The van der Waals surface area contributed by atoms with Crippen LogP contribution in [0.2, 0.25) is 0 Å². The van der Waals surface area contributed by atoms with Crippen LogP contribution in [0.3, 0.4) is 0 Å². The maximum Gasteiger partial charge on any atom is 0.349 e. The highest BCUT2D eigenvalue weighted by Gasteiger charge is 2.25. The largest absolute Gasteiger partial charge is 0.422 e. The van der Waals surface area contributed by atoms with Gasteiger partial charge in [-0.1, -0.05) is 19.9 Å². The van der Waals surface area contributed by atoms with Crippen molar-refractivity contribution < 1.29 is 9.21 Å². The fraction of sp³-hybridized carbons (Fsp3) is 0.323. The number of anilines is 3. The third-order valence-electron chi connectivity index (χ3n) is 7.69. The first kappa shape index (κ1) is 26.6. The first-order chi connectivity index (χ1) is 19.7. The lowest BCUT2D eigenvalue weighted by Crippen LogP contribution is -2.45. The van der Waals surface area contributed by atoms with Gasteiger partial charge in [-0.25, -0.2) is 14.8 Å². The molecule has 2 aromatic carbocycles. The summed E-state index contributed by atoms with van der Waals surface area (Å²) >= 11 is 0. The Labute approximate surface area is 237 Å². The standard InChI is InChI=1S/C31H33N7O3/c1-18(2)28-23-16-20(6-9-25(23)35-37(28)5)24-10-11-32-31(34-24)33-21-7-8-22-26(17-21)41-30(40)27(19(3)39)29(22)38-14-12-36(4)13-15-38/h6-11,16-18H,12-15H2,1-5H3,(H,32,33,34). The zero-order chi connectivity index (χ0) is 28.8. The van der Waals surface area contributed by atoms with Crippen molar-refractivity contribution in [2.24, 2.45) is 7.05 Å². The quantitative estimate of drug-likeness (QED) is 0.231. The number of fused-ring (bicyclic) bond motifs is 2. The summed E-state index contributed by atoms with van der Waals surface area (Å²) in [5.74, 6) is 0.449. The predicted octanol–water partition coefficient (Wildman–Crippen LogP) is 4.96. The number of aryl methyl sites for hydroxylation is 1. The predicted molar refractivity (Wildman–Crippen MR) is 161 cm³/mol. The number of hydrogen-bond donors (Lipinski definition) is 1. The topological polar surface area (TPSA) is 109 Å². The van der Waals surface area contributed by atoms with E-state index in [1.165, 1.54) is 12.6 Å². The summed E-state index contributed by atoms with van der Waals surface area (Å²) in [6.45, 7) is 8.87. The molecule has 0 bridgehead atoms. The molecule has 1 fully saturated rings. The van der Waals surface area contributed by atoms with Crippen molar-refractivity contribution in [3.05, 3.63) is 70.3 Å². The molecule has 0 radical (unpaired) electrons. The van der Waals surface area contributed by atoms with Crippen LogP contribution < -0.4 is 15.8 Å². The van der Waals surface area contributed by atoms with Crippen LogP contribution in [0.25, 0.3) is 33.1 Å². The number of likely N-dealkylation sites (N-methyl/N-ethyl adjacent to an activating group) is 1. The molecule has 10 nitrogen and oxygen atoms in total. The van der Waals surface area contributed by atoms with Gasteiger partial charge in [0.1, 0.15) is 11.1 Å². The van der Waals surface area contributed by atoms with Crippen molar-refractivity contribution in [2.75, 3.05) is 43.4 Å². The number of Topliss-reactive ketones (excluding diaryl/α,β-unsaturated/α-hetero) is 1. The van der Waals surface area contributed by atoms with Gasteiger partial charge in [-0.2, -0.15) is 5.10 Å². The molecule has 4 heterocycles. The molecule has 1 saturated heterocycles. The number of piperazine rings is 1. The van der Waals surface area contributed by atoms with Gasteiger partial charge in [-0.15, -0.1) is 0 Å². The SMILES string of the molecule is CC(=O)c1c(N2CCN(C)CC2)c2ccc(Nc3nccc(-c4ccc5nn(C)c(C(C)C)c5c4)n3)cc2oc1=O. The first-order valence-electron chi connectivity index (χ1n) is 13.8. The van der Waals surface area contributed by atoms with E-state index in [1.807, 2.05) is 42.1 Å². The summed E-state index contributed by atoms with van der Waals surface area (Å²) in [5.41, 5.74) is 5.07. The number of aromatic nitrogens is 4. The number of carbonyl (C=O) groups is 1. The molecule has 210 valence electrons. The second-order valence-corrected chi connectivity index (χ2v) is 11.0. The van der Waals surface area contributed by atoms with Crippen molar-refractivity contribution in [3.63, 3.8) is 0 Å². The van der Waals surface area contributed by atoms with Gasteiger partial charge in [-0.3, -0.25) is 9.48 Å². The Morgan fingerprint density at radius 3 is 2.51 bits per heavy atom. The average Bonchev–Trinajstić information content (AvgIpc) is 3.28. The Balaban J connectivity index is 1.35. The maximum absolute atomic E-state index is 13.0. The van der Waals surface area contributed by atoms with Crippen molar-refractivity contribution >= 4 is 45.0 Å². The molecular formula is C31H33N7O3. The van der Waals surface area contributed by atoms with Gasteiger partial charge < -0.3 is 19.5 Å². The molecule has 1 aliphatic rings. The minimum absolute atomic E-state index is 0.102. The zero-order valence-electron chi connectivity index (χ0n) is 23.9. The van der Waals surface area contributed by atoms with Crippen LogP contribution in [-0.2, 0) is 7.05 Å². The number of benzene rings is 2. The Morgan fingerprint density at radius 1 is 1.00 bits per heavy atom. The smallest absolute Gasteiger partial charge is 0.349 e. The van der Waals surface area contributed by atoms with E-state index in [9.17, 15) is 9.59 Å². The van der Waals surface area contributed by atoms with Crippen LogP contribution in [-0.4, -0.2) is 63.7 Å². The lowest BCUT2D eigenvalue weighted by Gasteiger charge is -2.35. The monoisotopic (exact) mass is 551 g/mol. The molecule has 1 N–H and O–H groups in total. The van der Waals surface area contributed by atoms with Gasteiger partial charge in [-0.05, 0) is 50.2 Å². The fourth-order valence-corrected chi connectivity index (χ4v) is 5.70. The Kier molecular flexibility index (Phi) is 6.78. The van der Waals surface area contributed by atoms with Crippen molar-refractivity contribution in [1.82, 2.24) is 24.6 Å². The molecule has 10 heteroatoms. The number of nitrogens with zero attached hydrogens (tertiary/aromatic N) is 6. The van der Waals surface area contributed by atoms with E-state index in [1.54, 1.807) is 12.3 Å². The highest BCUT2D eigenvalue weighted by Crippen LogP contribution is 2.33. The maximum atomic E-state index is 13.0. The highest BCUT2D eigenvalue weighted by atomic mass is 16.4. The third-order valence-corrected chi connectivity index (χ3v) is 7.69. The molecule has 0 unspecified atom stereocenters. The van der Waals surface area contributed by atoms with Gasteiger partial charge in [0.05, 0.1) is 16.9 Å². The molecule has 3 aromatic heterocycles. The van der Waals surface area contributed by atoms with Crippen LogP contribution >= 0.6 is 0 Å². The molecule has 0 saturated carbocycles. The molecule has 5 aromatic rings. The summed E-state index contributed by atoms with van der Waals surface area (Å²) < 4.78 is 7.59. The summed E-state index contributed by atoms with van der Waals surface area (Å²) in [7, 11) is 4.04. The number of carbonyl (C=O) groups excluding carboxylic acids is 1. The minimum atomic E-state index is -0.624. The van der Waals surface area contributed by atoms with E-state index < -0.39 is 5.63 Å². The average molecular weight is 552 g/mol. The van der Waals surface area contributed by atoms with Crippen LogP contribution in [0.4, 0.5) is 17.3 Å². The Morgan fingerprint density at radius 2 is 1.78 bits per heavy atom. The number of hydrogen-bond acceptors (Lipinski definition) is 9. The molecule has 0 spiro atoms. The second kappa shape index (κ2) is 10.4. The normalized spacial score (nSPS) is 14.3. The number of rotatable bonds is 6. The van der Waals surface area contributed by atoms with E-state index in [-0.39, 0.29) is 11.3 Å². The first-order valence-corrected chi connectivity index (χ1v) is 13.8. The van der Waals surface area contributed by atoms with E-state index in [4.69, 9.17) is 9.40 Å². The van der Waals surface area contributed by atoms with E-state index in [0.29, 0.717) is 28.8 Å². The summed E-state index contributed by atoms with van der Waals surface area (Å²) in [4.78, 5) is 39.0. The zero-order valence-corrected chi connectivity index (χ0v) is 23.9. The number of nitrogens with one attached hydrogen (secondary N) is 1. The van der Waals surface area contributed by atoms with Gasteiger partial charge in [0.25, 0.3) is 0 Å². The fourth-order valence-electron chi connectivity index (χ4n) is 5.70. The van der Waals surface area contributed by atoms with Crippen molar-refractivity contribution in [2.45, 2.75) is 26.7 Å². The molecule has 41 heavy (non-hydrogen) atoms. The van der Waals surface area contributed by atoms with E-state index in [0.717, 1.165) is 53.7 Å². The molecule has 1 aliphatic heterocycles. The molecule has 0 atom stereocenters. The van der Waals surface area contributed by atoms with E-state index in [2.05, 4.69) is 52.2 Å². The third kappa shape index (κ3) is 4.95. The molecule has 0 aliphatic carbocycles. The van der Waals surface area contributed by atoms with E-state index >= 15 is 0 Å². The highest BCUT2D eigenvalue weighted by molar-refractivity contribution is 6.07. The number of ketones is 1. The second-order valence-electron chi connectivity index (χ2n) is 11.0. The minimum Gasteiger partial charge on any atom is -0.422 e. The van der Waals surface area contributed by atoms with Gasteiger partial charge in [0, 0.05) is 73.2 Å². The Hall–Kier alpha value is -4.57. The van der Waals surface area contributed by atoms with Crippen LogP contribution in [0, 0.1) is 0 Å². The van der Waals surface area contributed by atoms with Gasteiger partial charge in [0.15, 0.2) is 5.78 Å². The molecule has 6 rings (SSSR count). The van der Waals surface area contributed by atoms with Gasteiger partial charge >= 0.3 is 5.63 Å². The Bertz CT molecular complexity index is 1850. The molecular weight excluding hydrogens is 518 g/mol.